The number of amides is 1. The number of ether oxygens (including phenoxy) is 1. The second kappa shape index (κ2) is 5.67. The predicted octanol–water partition coefficient (Wildman–Crippen LogP) is -1.38. The Hall–Kier alpha value is -1.10. The summed E-state index contributed by atoms with van der Waals surface area (Å²) in [5.41, 5.74) is 4.80. The maximum absolute atomic E-state index is 10.6. The molecule has 0 aliphatic heterocycles. The summed E-state index contributed by atoms with van der Waals surface area (Å²) in [5, 5.41) is 2.52. The highest BCUT2D eigenvalue weighted by molar-refractivity contribution is 5.77. The van der Waals surface area contributed by atoms with Crippen molar-refractivity contribution in [1.82, 2.24) is 5.32 Å². The first kappa shape index (κ1) is 9.90. The summed E-state index contributed by atoms with van der Waals surface area (Å²) >= 11 is 0. The highest BCUT2D eigenvalue weighted by Crippen LogP contribution is 1.73. The van der Waals surface area contributed by atoms with E-state index in [-0.39, 0.29) is 19.1 Å². The Labute approximate surface area is 64.9 Å². The monoisotopic (exact) mass is 160 g/mol. The lowest BCUT2D eigenvalue weighted by molar-refractivity contribution is -0.141. The summed E-state index contributed by atoms with van der Waals surface area (Å²) in [6.07, 6.45) is 0. The van der Waals surface area contributed by atoms with Crippen LogP contribution in [0.4, 0.5) is 0 Å². The zero-order valence-electron chi connectivity index (χ0n) is 6.42. The number of rotatable bonds is 5. The molecule has 0 saturated heterocycles. The van der Waals surface area contributed by atoms with Crippen molar-refractivity contribution in [2.75, 3.05) is 19.7 Å². The third-order valence-corrected chi connectivity index (χ3v) is 0.874. The molecule has 5 heteroatoms. The first-order valence-electron chi connectivity index (χ1n) is 3.31. The molecule has 1 amide bonds. The van der Waals surface area contributed by atoms with E-state index in [1.165, 1.54) is 0 Å². The Morgan fingerprint density at radius 3 is 2.55 bits per heavy atom. The van der Waals surface area contributed by atoms with Crippen molar-refractivity contribution in [3.05, 3.63) is 0 Å². The van der Waals surface area contributed by atoms with Crippen LogP contribution >= 0.6 is 0 Å². The van der Waals surface area contributed by atoms with Crippen molar-refractivity contribution in [2.45, 2.75) is 6.92 Å². The highest BCUT2D eigenvalue weighted by Gasteiger charge is 2.00. The molecular weight excluding hydrogens is 148 g/mol. The van der Waals surface area contributed by atoms with Crippen molar-refractivity contribution < 1.29 is 14.3 Å². The molecule has 0 heterocycles. The maximum Gasteiger partial charge on any atom is 0.319 e. The SMILES string of the molecule is CCOC(=O)CNCC(N)=O. The molecule has 0 aliphatic rings. The lowest BCUT2D eigenvalue weighted by atomic mass is 10.5. The van der Waals surface area contributed by atoms with E-state index in [0.29, 0.717) is 6.61 Å². The van der Waals surface area contributed by atoms with Gasteiger partial charge in [0.2, 0.25) is 5.91 Å². The van der Waals surface area contributed by atoms with Crippen LogP contribution in [0.5, 0.6) is 0 Å². The molecule has 0 atom stereocenters. The van der Waals surface area contributed by atoms with E-state index in [0.717, 1.165) is 0 Å². The molecule has 0 unspecified atom stereocenters. The number of carbonyl (C=O) groups is 2. The molecular formula is C6H12N2O3. The molecule has 0 aromatic rings. The first-order chi connectivity index (χ1) is 5.16. The molecule has 0 aliphatic carbocycles. The van der Waals surface area contributed by atoms with E-state index >= 15 is 0 Å². The third-order valence-electron chi connectivity index (χ3n) is 0.874. The first-order valence-corrected chi connectivity index (χ1v) is 3.31. The molecule has 0 spiro atoms. The Morgan fingerprint density at radius 2 is 2.09 bits per heavy atom. The van der Waals surface area contributed by atoms with Gasteiger partial charge in [-0.3, -0.25) is 14.9 Å². The van der Waals surface area contributed by atoms with E-state index in [1.54, 1.807) is 6.92 Å². The molecule has 0 radical (unpaired) electrons. The van der Waals surface area contributed by atoms with Crippen LogP contribution in [0.1, 0.15) is 6.92 Å². The van der Waals surface area contributed by atoms with Gasteiger partial charge in [0, 0.05) is 0 Å². The number of nitrogens with two attached hydrogens (primary N) is 1. The van der Waals surface area contributed by atoms with Crippen molar-refractivity contribution in [3.63, 3.8) is 0 Å². The Morgan fingerprint density at radius 1 is 1.45 bits per heavy atom. The largest absolute Gasteiger partial charge is 0.465 e. The minimum atomic E-state index is -0.491. The van der Waals surface area contributed by atoms with Crippen molar-refractivity contribution in [1.29, 1.82) is 0 Å². The predicted molar refractivity (Wildman–Crippen MR) is 38.7 cm³/mol. The second-order valence-corrected chi connectivity index (χ2v) is 1.87. The molecule has 0 aromatic carbocycles. The van der Waals surface area contributed by atoms with Crippen molar-refractivity contribution >= 4 is 11.9 Å². The number of carbonyl (C=O) groups excluding carboxylic acids is 2. The van der Waals surface area contributed by atoms with Gasteiger partial charge < -0.3 is 10.5 Å². The maximum atomic E-state index is 10.6. The highest BCUT2D eigenvalue weighted by atomic mass is 16.5. The van der Waals surface area contributed by atoms with Gasteiger partial charge in [0.1, 0.15) is 0 Å². The average Bonchev–Trinajstić information content (AvgIpc) is 1.87. The van der Waals surface area contributed by atoms with Crippen LogP contribution < -0.4 is 11.1 Å². The number of hydrogen-bond donors (Lipinski definition) is 2. The molecule has 11 heavy (non-hydrogen) atoms. The van der Waals surface area contributed by atoms with Gasteiger partial charge in [-0.1, -0.05) is 0 Å². The van der Waals surface area contributed by atoms with E-state index in [1.807, 2.05) is 0 Å². The van der Waals surface area contributed by atoms with Gasteiger partial charge in [-0.05, 0) is 6.92 Å². The standard InChI is InChI=1S/C6H12N2O3/c1-2-11-6(10)4-8-3-5(7)9/h8H,2-4H2,1H3,(H2,7,9). The van der Waals surface area contributed by atoms with Gasteiger partial charge in [0.15, 0.2) is 0 Å². The molecule has 3 N–H and O–H groups in total. The Kier molecular flexibility index (Phi) is 5.10. The van der Waals surface area contributed by atoms with Crippen molar-refractivity contribution in [2.24, 2.45) is 5.73 Å². The summed E-state index contributed by atoms with van der Waals surface area (Å²) < 4.78 is 4.57. The number of primary amides is 1. The van der Waals surface area contributed by atoms with Crippen LogP contribution in [0.15, 0.2) is 0 Å². The van der Waals surface area contributed by atoms with Gasteiger partial charge in [-0.15, -0.1) is 0 Å². The second-order valence-electron chi connectivity index (χ2n) is 1.87. The normalized spacial score (nSPS) is 9.18. The van der Waals surface area contributed by atoms with Gasteiger partial charge >= 0.3 is 5.97 Å². The van der Waals surface area contributed by atoms with Crippen LogP contribution in [-0.2, 0) is 14.3 Å². The molecule has 0 saturated carbocycles. The van der Waals surface area contributed by atoms with E-state index in [2.05, 4.69) is 10.1 Å². The topological polar surface area (TPSA) is 81.4 Å². The molecule has 0 rings (SSSR count). The third kappa shape index (κ3) is 6.79. The molecule has 5 nitrogen and oxygen atoms in total. The number of hydrogen-bond acceptors (Lipinski definition) is 4. The quantitative estimate of drug-likeness (QED) is 0.486. The zero-order chi connectivity index (χ0) is 8.69. The van der Waals surface area contributed by atoms with Crippen LogP contribution in [0, 0.1) is 0 Å². The van der Waals surface area contributed by atoms with Crippen LogP contribution in [-0.4, -0.2) is 31.6 Å². The summed E-state index contributed by atoms with van der Waals surface area (Å²) in [6.45, 7) is 2.08. The van der Waals surface area contributed by atoms with Crippen LogP contribution in [0.25, 0.3) is 0 Å². The molecule has 64 valence electrons. The minimum absolute atomic E-state index is 0.00118. The Balaban J connectivity index is 3.24. The van der Waals surface area contributed by atoms with E-state index in [4.69, 9.17) is 5.73 Å². The summed E-state index contributed by atoms with van der Waals surface area (Å²) in [4.78, 5) is 20.7. The van der Waals surface area contributed by atoms with Crippen LogP contribution in [0.3, 0.4) is 0 Å². The summed E-state index contributed by atoms with van der Waals surface area (Å²) in [5.74, 6) is -0.872. The van der Waals surface area contributed by atoms with Gasteiger partial charge in [-0.2, -0.15) is 0 Å². The lowest BCUT2D eigenvalue weighted by Gasteiger charge is -2.01. The lowest BCUT2D eigenvalue weighted by Crippen LogP contribution is -2.33. The van der Waals surface area contributed by atoms with Gasteiger partial charge in [0.25, 0.3) is 0 Å². The molecule has 0 fully saturated rings. The fourth-order valence-corrected chi connectivity index (χ4v) is 0.500. The summed E-state index contributed by atoms with van der Waals surface area (Å²) in [6, 6.07) is 0. The average molecular weight is 160 g/mol. The zero-order valence-corrected chi connectivity index (χ0v) is 6.42. The van der Waals surface area contributed by atoms with E-state index in [9.17, 15) is 9.59 Å². The molecule has 0 aromatic heterocycles. The summed E-state index contributed by atoms with van der Waals surface area (Å²) in [7, 11) is 0. The number of esters is 1. The van der Waals surface area contributed by atoms with Crippen LogP contribution in [0.2, 0.25) is 0 Å². The smallest absolute Gasteiger partial charge is 0.319 e. The molecule has 0 bridgehead atoms. The fourth-order valence-electron chi connectivity index (χ4n) is 0.500. The van der Waals surface area contributed by atoms with Crippen molar-refractivity contribution in [3.8, 4) is 0 Å². The number of nitrogens with one attached hydrogen (secondary N) is 1. The Bertz CT molecular complexity index is 147. The fraction of sp³-hybridized carbons (Fsp3) is 0.667. The van der Waals surface area contributed by atoms with Gasteiger partial charge in [0.05, 0.1) is 19.7 Å². The minimum Gasteiger partial charge on any atom is -0.465 e. The van der Waals surface area contributed by atoms with E-state index < -0.39 is 5.91 Å². The van der Waals surface area contributed by atoms with Gasteiger partial charge in [-0.25, -0.2) is 0 Å².